The van der Waals surface area contributed by atoms with E-state index in [1.165, 1.54) is 6.07 Å². The molecule has 1 heterocycles. The molecule has 0 bridgehead atoms. The zero-order valence-corrected chi connectivity index (χ0v) is 17.0. The molecule has 150 valence electrons. The number of carbonyl (C=O) groups is 1. The van der Waals surface area contributed by atoms with Crippen LogP contribution in [-0.2, 0) is 11.3 Å². The van der Waals surface area contributed by atoms with Crippen molar-refractivity contribution in [1.82, 2.24) is 10.2 Å². The second-order valence-electron chi connectivity index (χ2n) is 6.84. The van der Waals surface area contributed by atoms with E-state index in [-0.39, 0.29) is 17.6 Å². The van der Waals surface area contributed by atoms with Crippen molar-refractivity contribution in [2.24, 2.45) is 5.92 Å². The Labute approximate surface area is 174 Å². The minimum absolute atomic E-state index is 0.0251. The summed E-state index contributed by atoms with van der Waals surface area (Å²) >= 11 is 11.9. The van der Waals surface area contributed by atoms with Crippen LogP contribution in [0, 0.1) is 11.7 Å². The van der Waals surface area contributed by atoms with Crippen LogP contribution in [0.5, 0.6) is 5.75 Å². The van der Waals surface area contributed by atoms with Gasteiger partial charge in [-0.1, -0.05) is 29.3 Å². The smallest absolute Gasteiger partial charge is 0.223 e. The number of rotatable bonds is 7. The Balaban J connectivity index is 1.37. The molecule has 0 atom stereocenters. The SMILES string of the molecule is O=C(NCCOc1ccc(Cl)cc1)C1CCN(Cc2c(F)cccc2Cl)CC1. The molecule has 1 fully saturated rings. The van der Waals surface area contributed by atoms with E-state index in [1.807, 2.05) is 0 Å². The summed E-state index contributed by atoms with van der Waals surface area (Å²) in [4.78, 5) is 14.5. The second kappa shape index (κ2) is 10.1. The molecule has 0 aromatic heterocycles. The highest BCUT2D eigenvalue weighted by Crippen LogP contribution is 2.24. The fraction of sp³-hybridized carbons (Fsp3) is 0.381. The standard InChI is InChI=1S/C21H23Cl2FN2O2/c22-16-4-6-17(7-5-16)28-13-10-25-21(27)15-8-11-26(12-9-15)14-18-19(23)2-1-3-20(18)24/h1-7,15H,8-14H2,(H,25,27). The third kappa shape index (κ3) is 5.84. The van der Waals surface area contributed by atoms with Crippen molar-refractivity contribution in [3.63, 3.8) is 0 Å². The first-order chi connectivity index (χ1) is 13.5. The first-order valence-corrected chi connectivity index (χ1v) is 10.1. The molecule has 1 aliphatic rings. The number of amides is 1. The minimum atomic E-state index is -0.284. The van der Waals surface area contributed by atoms with Crippen molar-refractivity contribution in [2.45, 2.75) is 19.4 Å². The molecule has 0 unspecified atom stereocenters. The lowest BCUT2D eigenvalue weighted by atomic mass is 9.95. The molecule has 0 radical (unpaired) electrons. The lowest BCUT2D eigenvalue weighted by Gasteiger charge is -2.31. The summed E-state index contributed by atoms with van der Waals surface area (Å²) < 4.78 is 19.5. The number of piperidine rings is 1. The molecule has 3 rings (SSSR count). The van der Waals surface area contributed by atoms with E-state index in [4.69, 9.17) is 27.9 Å². The predicted octanol–water partition coefficient (Wildman–Crippen LogP) is 4.54. The van der Waals surface area contributed by atoms with Crippen LogP contribution in [0.3, 0.4) is 0 Å². The monoisotopic (exact) mass is 424 g/mol. The van der Waals surface area contributed by atoms with E-state index in [1.54, 1.807) is 36.4 Å². The van der Waals surface area contributed by atoms with Gasteiger partial charge in [0.1, 0.15) is 18.2 Å². The van der Waals surface area contributed by atoms with Gasteiger partial charge in [0.05, 0.1) is 6.54 Å². The van der Waals surface area contributed by atoms with E-state index in [0.717, 1.165) is 31.7 Å². The maximum Gasteiger partial charge on any atom is 0.223 e. The van der Waals surface area contributed by atoms with Gasteiger partial charge in [0.25, 0.3) is 0 Å². The van der Waals surface area contributed by atoms with E-state index in [9.17, 15) is 9.18 Å². The summed E-state index contributed by atoms with van der Waals surface area (Å²) in [5.41, 5.74) is 0.520. The van der Waals surface area contributed by atoms with Gasteiger partial charge in [-0.3, -0.25) is 9.69 Å². The third-order valence-corrected chi connectivity index (χ3v) is 5.49. The van der Waals surface area contributed by atoms with E-state index in [0.29, 0.717) is 35.3 Å². The van der Waals surface area contributed by atoms with Crippen LogP contribution in [0.25, 0.3) is 0 Å². The number of carbonyl (C=O) groups excluding carboxylic acids is 1. The molecule has 1 aliphatic heterocycles. The molecule has 0 aliphatic carbocycles. The van der Waals surface area contributed by atoms with Crippen LogP contribution < -0.4 is 10.1 Å². The number of nitrogens with one attached hydrogen (secondary N) is 1. The molecule has 2 aromatic carbocycles. The molecule has 0 spiro atoms. The highest BCUT2D eigenvalue weighted by atomic mass is 35.5. The highest BCUT2D eigenvalue weighted by molar-refractivity contribution is 6.31. The van der Waals surface area contributed by atoms with Crippen molar-refractivity contribution in [3.8, 4) is 5.75 Å². The number of hydrogen-bond acceptors (Lipinski definition) is 3. The van der Waals surface area contributed by atoms with Crippen LogP contribution >= 0.6 is 23.2 Å². The lowest BCUT2D eigenvalue weighted by molar-refractivity contribution is -0.126. The van der Waals surface area contributed by atoms with Crippen molar-refractivity contribution < 1.29 is 13.9 Å². The van der Waals surface area contributed by atoms with Crippen molar-refractivity contribution in [2.75, 3.05) is 26.2 Å². The van der Waals surface area contributed by atoms with Crippen LogP contribution in [0.15, 0.2) is 42.5 Å². The first kappa shape index (κ1) is 20.9. The van der Waals surface area contributed by atoms with Gasteiger partial charge in [-0.05, 0) is 62.3 Å². The largest absolute Gasteiger partial charge is 0.492 e. The maximum absolute atomic E-state index is 13.9. The topological polar surface area (TPSA) is 41.6 Å². The molecule has 28 heavy (non-hydrogen) atoms. The predicted molar refractivity (Wildman–Crippen MR) is 109 cm³/mol. The van der Waals surface area contributed by atoms with Gasteiger partial charge in [0.15, 0.2) is 0 Å². The van der Waals surface area contributed by atoms with Gasteiger partial charge in [-0.15, -0.1) is 0 Å². The highest BCUT2D eigenvalue weighted by Gasteiger charge is 2.25. The number of benzene rings is 2. The Bertz CT molecular complexity index is 773. The second-order valence-corrected chi connectivity index (χ2v) is 7.69. The van der Waals surface area contributed by atoms with E-state index < -0.39 is 0 Å². The van der Waals surface area contributed by atoms with Crippen molar-refractivity contribution in [1.29, 1.82) is 0 Å². The number of nitrogens with zero attached hydrogens (tertiary/aromatic N) is 1. The summed E-state index contributed by atoms with van der Waals surface area (Å²) in [5, 5.41) is 4.03. The molecular weight excluding hydrogens is 402 g/mol. The Morgan fingerprint density at radius 2 is 1.86 bits per heavy atom. The fourth-order valence-corrected chi connectivity index (χ4v) is 3.63. The zero-order valence-electron chi connectivity index (χ0n) is 15.5. The summed E-state index contributed by atoms with van der Waals surface area (Å²) in [6.07, 6.45) is 1.49. The molecule has 2 aromatic rings. The van der Waals surface area contributed by atoms with Crippen LogP contribution in [-0.4, -0.2) is 37.0 Å². The van der Waals surface area contributed by atoms with Crippen molar-refractivity contribution in [3.05, 3.63) is 63.9 Å². The summed E-state index contributed by atoms with van der Waals surface area (Å²) in [6.45, 7) is 2.80. The molecule has 4 nitrogen and oxygen atoms in total. The average Bonchev–Trinajstić information content (AvgIpc) is 2.70. The first-order valence-electron chi connectivity index (χ1n) is 9.34. The summed E-state index contributed by atoms with van der Waals surface area (Å²) in [5.74, 6) is 0.456. The quantitative estimate of drug-likeness (QED) is 0.663. The van der Waals surface area contributed by atoms with Crippen LogP contribution in [0.2, 0.25) is 10.0 Å². The Morgan fingerprint density at radius 3 is 2.54 bits per heavy atom. The average molecular weight is 425 g/mol. The number of hydrogen-bond donors (Lipinski definition) is 1. The van der Waals surface area contributed by atoms with Gasteiger partial charge >= 0.3 is 0 Å². The summed E-state index contributed by atoms with van der Waals surface area (Å²) in [6, 6.07) is 11.8. The van der Waals surface area contributed by atoms with E-state index in [2.05, 4.69) is 10.2 Å². The summed E-state index contributed by atoms with van der Waals surface area (Å²) in [7, 11) is 0. The number of ether oxygens (including phenoxy) is 1. The van der Waals surface area contributed by atoms with Gasteiger partial charge in [0, 0.05) is 28.1 Å². The molecule has 7 heteroatoms. The zero-order chi connectivity index (χ0) is 19.9. The van der Waals surface area contributed by atoms with Gasteiger partial charge < -0.3 is 10.1 Å². The number of likely N-dealkylation sites (tertiary alicyclic amines) is 1. The molecule has 1 saturated heterocycles. The van der Waals surface area contributed by atoms with Gasteiger partial charge in [-0.25, -0.2) is 4.39 Å². The molecule has 1 amide bonds. The normalized spacial score (nSPS) is 15.4. The van der Waals surface area contributed by atoms with E-state index >= 15 is 0 Å². The Morgan fingerprint density at radius 1 is 1.14 bits per heavy atom. The Hall–Kier alpha value is -1.82. The van der Waals surface area contributed by atoms with Crippen LogP contribution in [0.1, 0.15) is 18.4 Å². The number of halogens is 3. The lowest BCUT2D eigenvalue weighted by Crippen LogP contribution is -2.41. The van der Waals surface area contributed by atoms with Gasteiger partial charge in [0.2, 0.25) is 5.91 Å². The third-order valence-electron chi connectivity index (χ3n) is 4.89. The fourth-order valence-electron chi connectivity index (χ4n) is 3.28. The molecular formula is C21H23Cl2FN2O2. The minimum Gasteiger partial charge on any atom is -0.492 e. The molecule has 0 saturated carbocycles. The molecule has 1 N–H and O–H groups in total. The van der Waals surface area contributed by atoms with Crippen LogP contribution in [0.4, 0.5) is 4.39 Å². The Kier molecular flexibility index (Phi) is 7.54. The van der Waals surface area contributed by atoms with Gasteiger partial charge in [-0.2, -0.15) is 0 Å². The maximum atomic E-state index is 13.9. The van der Waals surface area contributed by atoms with Crippen molar-refractivity contribution >= 4 is 29.1 Å².